The van der Waals surface area contributed by atoms with Gasteiger partial charge in [0.25, 0.3) is 0 Å². The maximum atomic E-state index is 12.0. The fraction of sp³-hybridized carbons (Fsp3) is 0.333. The summed E-state index contributed by atoms with van der Waals surface area (Å²) in [6, 6.07) is 6.77. The third-order valence-corrected chi connectivity index (χ3v) is 3.11. The van der Waals surface area contributed by atoms with Gasteiger partial charge in [0.05, 0.1) is 24.7 Å². The van der Waals surface area contributed by atoms with Crippen LogP contribution >= 0.6 is 0 Å². The first kappa shape index (κ1) is 13.2. The molecule has 0 N–H and O–H groups in total. The van der Waals surface area contributed by atoms with E-state index in [4.69, 9.17) is 14.7 Å². The van der Waals surface area contributed by atoms with Gasteiger partial charge in [-0.15, -0.1) is 0 Å². The maximum absolute atomic E-state index is 12.0. The average molecular weight is 257 g/mol. The summed E-state index contributed by atoms with van der Waals surface area (Å²) >= 11 is 0. The van der Waals surface area contributed by atoms with Gasteiger partial charge in [0.2, 0.25) is 0 Å². The fourth-order valence-corrected chi connectivity index (χ4v) is 2.02. The van der Waals surface area contributed by atoms with Crippen LogP contribution in [0.1, 0.15) is 24.8 Å². The molecule has 0 heterocycles. The number of carbonyl (C=O) groups is 1. The number of esters is 1. The van der Waals surface area contributed by atoms with Gasteiger partial charge in [-0.05, 0) is 31.4 Å². The highest BCUT2D eigenvalue weighted by atomic mass is 16.6. The van der Waals surface area contributed by atoms with Crippen molar-refractivity contribution in [2.45, 2.75) is 19.3 Å². The van der Waals surface area contributed by atoms with Crippen LogP contribution in [0.3, 0.4) is 0 Å². The molecule has 0 saturated heterocycles. The van der Waals surface area contributed by atoms with Crippen molar-refractivity contribution in [1.82, 2.24) is 0 Å². The molecule has 0 aliphatic heterocycles. The molecule has 0 fully saturated rings. The van der Waals surface area contributed by atoms with Gasteiger partial charge in [-0.1, -0.05) is 12.2 Å². The second-order valence-corrected chi connectivity index (χ2v) is 4.38. The van der Waals surface area contributed by atoms with Crippen LogP contribution in [0, 0.1) is 17.2 Å². The number of ether oxygens (including phenoxy) is 2. The van der Waals surface area contributed by atoms with Crippen molar-refractivity contribution in [3.63, 3.8) is 0 Å². The van der Waals surface area contributed by atoms with E-state index >= 15 is 0 Å². The van der Waals surface area contributed by atoms with Crippen LogP contribution in [-0.2, 0) is 4.79 Å². The Hall–Kier alpha value is -2.28. The average Bonchev–Trinajstić information content (AvgIpc) is 2.48. The van der Waals surface area contributed by atoms with Gasteiger partial charge in [0.15, 0.2) is 11.5 Å². The second kappa shape index (κ2) is 6.05. The van der Waals surface area contributed by atoms with Crippen molar-refractivity contribution < 1.29 is 14.3 Å². The molecule has 0 spiro atoms. The monoisotopic (exact) mass is 257 g/mol. The minimum absolute atomic E-state index is 0.0923. The number of nitrogens with zero attached hydrogens (tertiary/aromatic N) is 1. The zero-order valence-electron chi connectivity index (χ0n) is 10.8. The van der Waals surface area contributed by atoms with E-state index in [1.165, 1.54) is 7.11 Å². The smallest absolute Gasteiger partial charge is 0.314 e. The number of nitriles is 1. The molecule has 1 aromatic carbocycles. The van der Waals surface area contributed by atoms with Crippen molar-refractivity contribution in [3.05, 3.63) is 35.9 Å². The number of hydrogen-bond acceptors (Lipinski definition) is 4. The molecule has 4 nitrogen and oxygen atoms in total. The highest BCUT2D eigenvalue weighted by molar-refractivity contribution is 5.76. The number of methoxy groups -OCH3 is 1. The molecular formula is C15H15NO3. The Kier molecular flexibility index (Phi) is 4.19. The number of rotatable bonds is 3. The third-order valence-electron chi connectivity index (χ3n) is 3.11. The molecule has 4 heteroatoms. The summed E-state index contributed by atoms with van der Waals surface area (Å²) in [4.78, 5) is 12.0. The van der Waals surface area contributed by atoms with Gasteiger partial charge >= 0.3 is 5.97 Å². The largest absolute Gasteiger partial charge is 0.493 e. The minimum atomic E-state index is -0.243. The van der Waals surface area contributed by atoms with Crippen molar-refractivity contribution in [3.8, 4) is 17.6 Å². The lowest BCUT2D eigenvalue weighted by Gasteiger charge is -2.17. The summed E-state index contributed by atoms with van der Waals surface area (Å²) < 4.78 is 10.5. The van der Waals surface area contributed by atoms with Crippen LogP contribution in [0.2, 0.25) is 0 Å². The highest BCUT2D eigenvalue weighted by Gasteiger charge is 2.22. The number of hydrogen-bond donors (Lipinski definition) is 0. The van der Waals surface area contributed by atoms with Crippen LogP contribution < -0.4 is 9.47 Å². The first-order valence-corrected chi connectivity index (χ1v) is 6.19. The SMILES string of the molecule is COc1cc(C#N)ccc1OC(=O)C1CC=CCC1. The predicted octanol–water partition coefficient (Wildman–Crippen LogP) is 2.83. The standard InChI is InChI=1S/C15H15NO3/c1-18-14-9-11(10-16)7-8-13(14)19-15(17)12-5-3-2-4-6-12/h2-3,7-9,12H,4-6H2,1H3. The Bertz CT molecular complexity index is 543. The molecule has 1 atom stereocenters. The maximum Gasteiger partial charge on any atom is 0.314 e. The summed E-state index contributed by atoms with van der Waals surface area (Å²) in [6.07, 6.45) is 6.52. The first-order valence-electron chi connectivity index (χ1n) is 6.19. The highest BCUT2D eigenvalue weighted by Crippen LogP contribution is 2.30. The minimum Gasteiger partial charge on any atom is -0.493 e. The molecule has 0 radical (unpaired) electrons. The van der Waals surface area contributed by atoms with E-state index in [-0.39, 0.29) is 11.9 Å². The van der Waals surface area contributed by atoms with Crippen molar-refractivity contribution in [1.29, 1.82) is 5.26 Å². The van der Waals surface area contributed by atoms with Gasteiger partial charge < -0.3 is 9.47 Å². The first-order chi connectivity index (χ1) is 9.24. The molecule has 98 valence electrons. The molecule has 19 heavy (non-hydrogen) atoms. The Labute approximate surface area is 112 Å². The molecule has 0 amide bonds. The molecule has 1 aliphatic carbocycles. The van der Waals surface area contributed by atoms with Crippen molar-refractivity contribution in [2.24, 2.45) is 5.92 Å². The van der Waals surface area contributed by atoms with Gasteiger partial charge in [0, 0.05) is 6.07 Å². The molecule has 0 aromatic heterocycles. The van der Waals surface area contributed by atoms with Crippen LogP contribution in [-0.4, -0.2) is 13.1 Å². The molecule has 2 rings (SSSR count). The van der Waals surface area contributed by atoms with Crippen molar-refractivity contribution in [2.75, 3.05) is 7.11 Å². The Morgan fingerprint density at radius 3 is 2.84 bits per heavy atom. The molecule has 1 unspecified atom stereocenters. The lowest BCUT2D eigenvalue weighted by molar-refractivity contribution is -0.139. The van der Waals surface area contributed by atoms with Crippen LogP contribution in [0.4, 0.5) is 0 Å². The van der Waals surface area contributed by atoms with E-state index in [0.717, 1.165) is 19.3 Å². The summed E-state index contributed by atoms with van der Waals surface area (Å²) in [5.74, 6) is 0.428. The Morgan fingerprint density at radius 2 is 2.21 bits per heavy atom. The van der Waals surface area contributed by atoms with Crippen LogP contribution in [0.25, 0.3) is 0 Å². The van der Waals surface area contributed by atoms with E-state index in [2.05, 4.69) is 6.08 Å². The summed E-state index contributed by atoms with van der Waals surface area (Å²) in [5.41, 5.74) is 0.470. The zero-order valence-corrected chi connectivity index (χ0v) is 10.8. The topological polar surface area (TPSA) is 59.3 Å². The van der Waals surface area contributed by atoms with E-state index in [9.17, 15) is 4.79 Å². The van der Waals surface area contributed by atoms with E-state index in [0.29, 0.717) is 17.1 Å². The Balaban J connectivity index is 2.12. The predicted molar refractivity (Wildman–Crippen MR) is 69.8 cm³/mol. The van der Waals surface area contributed by atoms with Crippen LogP contribution in [0.15, 0.2) is 30.4 Å². The normalized spacial score (nSPS) is 17.6. The number of allylic oxidation sites excluding steroid dienone is 2. The van der Waals surface area contributed by atoms with Gasteiger partial charge in [-0.25, -0.2) is 0 Å². The molecule has 1 aromatic rings. The number of carbonyl (C=O) groups excluding carboxylic acids is 1. The quantitative estimate of drug-likeness (QED) is 0.474. The van der Waals surface area contributed by atoms with E-state index in [1.54, 1.807) is 18.2 Å². The molecule has 1 aliphatic rings. The summed E-state index contributed by atoms with van der Waals surface area (Å²) in [5, 5.41) is 8.81. The summed E-state index contributed by atoms with van der Waals surface area (Å²) in [6.45, 7) is 0. The Morgan fingerprint density at radius 1 is 1.37 bits per heavy atom. The van der Waals surface area contributed by atoms with E-state index < -0.39 is 0 Å². The van der Waals surface area contributed by atoms with Gasteiger partial charge in [0.1, 0.15) is 0 Å². The molecule has 0 saturated carbocycles. The summed E-state index contributed by atoms with van der Waals surface area (Å²) in [7, 11) is 1.48. The fourth-order valence-electron chi connectivity index (χ4n) is 2.02. The zero-order chi connectivity index (χ0) is 13.7. The lowest BCUT2D eigenvalue weighted by atomic mass is 9.95. The third kappa shape index (κ3) is 3.14. The molecule has 0 bridgehead atoms. The van der Waals surface area contributed by atoms with Crippen molar-refractivity contribution >= 4 is 5.97 Å². The molecular weight excluding hydrogens is 242 g/mol. The van der Waals surface area contributed by atoms with Crippen LogP contribution in [0.5, 0.6) is 11.5 Å². The van der Waals surface area contributed by atoms with E-state index in [1.807, 2.05) is 12.1 Å². The second-order valence-electron chi connectivity index (χ2n) is 4.38. The lowest BCUT2D eigenvalue weighted by Crippen LogP contribution is -2.21. The number of benzene rings is 1. The van der Waals surface area contributed by atoms with Gasteiger partial charge in [-0.2, -0.15) is 5.26 Å². The van der Waals surface area contributed by atoms with Gasteiger partial charge in [-0.3, -0.25) is 4.79 Å².